The lowest BCUT2D eigenvalue weighted by Gasteiger charge is -2.28. The minimum absolute atomic E-state index is 0.364. The number of tetrazole rings is 1. The van der Waals surface area contributed by atoms with E-state index in [0.29, 0.717) is 17.2 Å². The fourth-order valence-electron chi connectivity index (χ4n) is 2.32. The number of hydrogen-bond acceptors (Lipinski definition) is 7. The number of carbonyl (C=O) groups is 1. The third-order valence-corrected chi connectivity index (χ3v) is 4.07. The highest BCUT2D eigenvalue weighted by molar-refractivity contribution is 7.10. The van der Waals surface area contributed by atoms with E-state index in [2.05, 4.69) is 20.8 Å². The average molecular weight is 319 g/mol. The normalized spacial score (nSPS) is 17.9. The van der Waals surface area contributed by atoms with Crippen molar-refractivity contribution in [3.63, 3.8) is 0 Å². The van der Waals surface area contributed by atoms with Crippen LogP contribution in [0.4, 0.5) is 5.95 Å². The predicted octanol–water partition coefficient (Wildman–Crippen LogP) is 2.37. The maximum Gasteiger partial charge on any atom is 0.338 e. The first-order valence-corrected chi connectivity index (χ1v) is 7.77. The van der Waals surface area contributed by atoms with Crippen molar-refractivity contribution in [2.45, 2.75) is 39.3 Å². The molecule has 0 aromatic carbocycles. The van der Waals surface area contributed by atoms with Gasteiger partial charge in [0.25, 0.3) is 0 Å². The van der Waals surface area contributed by atoms with Crippen LogP contribution in [0.3, 0.4) is 0 Å². The number of nitrogens with one attached hydrogen (secondary N) is 1. The maximum absolute atomic E-state index is 12.7. The van der Waals surface area contributed by atoms with Gasteiger partial charge in [0.05, 0.1) is 5.57 Å². The number of rotatable bonds is 2. The number of esters is 1. The molecule has 1 N–H and O–H groups in total. The van der Waals surface area contributed by atoms with E-state index >= 15 is 0 Å². The summed E-state index contributed by atoms with van der Waals surface area (Å²) < 4.78 is 7.16. The molecule has 0 fully saturated rings. The molecule has 22 heavy (non-hydrogen) atoms. The Hall–Kier alpha value is -2.22. The van der Waals surface area contributed by atoms with Crippen LogP contribution in [0.25, 0.3) is 0 Å². The van der Waals surface area contributed by atoms with Gasteiger partial charge in [0.2, 0.25) is 5.95 Å². The molecule has 7 nitrogen and oxygen atoms in total. The Labute approximate surface area is 132 Å². The highest BCUT2D eigenvalue weighted by Gasteiger charge is 2.36. The van der Waals surface area contributed by atoms with Crippen LogP contribution in [-0.2, 0) is 9.53 Å². The van der Waals surface area contributed by atoms with Crippen LogP contribution >= 0.6 is 11.3 Å². The minimum Gasteiger partial charge on any atom is -0.456 e. The molecule has 0 aliphatic carbocycles. The van der Waals surface area contributed by atoms with Gasteiger partial charge in [-0.25, -0.2) is 4.79 Å². The van der Waals surface area contributed by atoms with Gasteiger partial charge in [-0.1, -0.05) is 11.2 Å². The number of hydrogen-bond donors (Lipinski definition) is 1. The van der Waals surface area contributed by atoms with Gasteiger partial charge in [-0.2, -0.15) is 4.68 Å². The van der Waals surface area contributed by atoms with Crippen molar-refractivity contribution in [3.05, 3.63) is 33.7 Å². The summed E-state index contributed by atoms with van der Waals surface area (Å²) in [7, 11) is 0. The minimum atomic E-state index is -0.564. The number of ether oxygens (including phenoxy) is 1. The molecule has 0 radical (unpaired) electrons. The molecule has 2 aromatic rings. The molecular formula is C14H17N5O2S. The molecular weight excluding hydrogens is 302 g/mol. The number of aromatic nitrogens is 4. The van der Waals surface area contributed by atoms with Crippen molar-refractivity contribution in [3.8, 4) is 0 Å². The zero-order valence-electron chi connectivity index (χ0n) is 12.8. The Morgan fingerprint density at radius 1 is 1.45 bits per heavy atom. The third-order valence-electron chi connectivity index (χ3n) is 3.15. The predicted molar refractivity (Wildman–Crippen MR) is 82.4 cm³/mol. The molecule has 0 saturated heterocycles. The lowest BCUT2D eigenvalue weighted by Crippen LogP contribution is -2.33. The summed E-state index contributed by atoms with van der Waals surface area (Å²) in [5.74, 6) is 0.153. The van der Waals surface area contributed by atoms with Gasteiger partial charge in [0, 0.05) is 10.6 Å². The van der Waals surface area contributed by atoms with Gasteiger partial charge in [0.1, 0.15) is 11.6 Å². The molecule has 0 bridgehead atoms. The van der Waals surface area contributed by atoms with E-state index in [1.807, 2.05) is 45.2 Å². The van der Waals surface area contributed by atoms with Gasteiger partial charge in [-0.3, -0.25) is 0 Å². The quantitative estimate of drug-likeness (QED) is 0.856. The average Bonchev–Trinajstić information content (AvgIpc) is 3.05. The zero-order chi connectivity index (χ0) is 15.9. The second-order valence-corrected chi connectivity index (χ2v) is 7.01. The Morgan fingerprint density at radius 2 is 2.23 bits per heavy atom. The van der Waals surface area contributed by atoms with Crippen molar-refractivity contribution in [2.75, 3.05) is 5.32 Å². The first kappa shape index (κ1) is 14.7. The lowest BCUT2D eigenvalue weighted by molar-refractivity contribution is -0.150. The van der Waals surface area contributed by atoms with Crippen molar-refractivity contribution in [2.24, 2.45) is 0 Å². The molecule has 3 rings (SSSR count). The van der Waals surface area contributed by atoms with Crippen LogP contribution in [0.2, 0.25) is 0 Å². The summed E-state index contributed by atoms with van der Waals surface area (Å²) in [6.07, 6.45) is 0. The zero-order valence-corrected chi connectivity index (χ0v) is 13.6. The fraction of sp³-hybridized carbons (Fsp3) is 0.429. The molecule has 1 atom stereocenters. The van der Waals surface area contributed by atoms with Crippen LogP contribution in [0.15, 0.2) is 28.8 Å². The summed E-state index contributed by atoms with van der Waals surface area (Å²) in [5, 5.41) is 16.7. The van der Waals surface area contributed by atoms with Crippen LogP contribution in [-0.4, -0.2) is 31.8 Å². The van der Waals surface area contributed by atoms with Gasteiger partial charge in [-0.15, -0.1) is 11.3 Å². The fourth-order valence-corrected chi connectivity index (χ4v) is 3.14. The largest absolute Gasteiger partial charge is 0.456 e. The van der Waals surface area contributed by atoms with Gasteiger partial charge in [-0.05, 0) is 49.6 Å². The molecule has 2 aromatic heterocycles. The second-order valence-electron chi connectivity index (χ2n) is 6.03. The molecule has 3 heterocycles. The Balaban J connectivity index is 2.07. The number of thiophene rings is 1. The summed E-state index contributed by atoms with van der Waals surface area (Å²) in [5.41, 5.74) is 0.665. The van der Waals surface area contributed by atoms with Crippen LogP contribution in [0, 0.1) is 0 Å². The van der Waals surface area contributed by atoms with Crippen molar-refractivity contribution < 1.29 is 9.53 Å². The summed E-state index contributed by atoms with van der Waals surface area (Å²) in [4.78, 5) is 13.6. The monoisotopic (exact) mass is 319 g/mol. The summed E-state index contributed by atoms with van der Waals surface area (Å²) in [6.45, 7) is 7.37. The first-order chi connectivity index (χ1) is 10.4. The summed E-state index contributed by atoms with van der Waals surface area (Å²) in [6, 6.07) is 3.53. The Kier molecular flexibility index (Phi) is 3.48. The van der Waals surface area contributed by atoms with Gasteiger partial charge < -0.3 is 10.1 Å². The Morgan fingerprint density at radius 3 is 2.86 bits per heavy atom. The highest BCUT2D eigenvalue weighted by atomic mass is 32.1. The molecule has 1 aliphatic heterocycles. The molecule has 1 aliphatic rings. The highest BCUT2D eigenvalue weighted by Crippen LogP contribution is 2.37. The number of carbonyl (C=O) groups excluding carboxylic acids is 1. The van der Waals surface area contributed by atoms with Crippen molar-refractivity contribution >= 4 is 23.3 Å². The molecule has 116 valence electrons. The van der Waals surface area contributed by atoms with E-state index in [1.54, 1.807) is 16.0 Å². The smallest absolute Gasteiger partial charge is 0.338 e. The summed E-state index contributed by atoms with van der Waals surface area (Å²) >= 11 is 1.55. The van der Waals surface area contributed by atoms with E-state index in [-0.39, 0.29) is 12.0 Å². The van der Waals surface area contributed by atoms with Crippen LogP contribution in [0.5, 0.6) is 0 Å². The maximum atomic E-state index is 12.7. The molecule has 8 heteroatoms. The van der Waals surface area contributed by atoms with Gasteiger partial charge >= 0.3 is 5.97 Å². The number of fused-ring (bicyclic) bond motifs is 1. The van der Waals surface area contributed by atoms with E-state index in [4.69, 9.17) is 4.74 Å². The second kappa shape index (κ2) is 5.20. The third kappa shape index (κ3) is 2.61. The number of anilines is 1. The standard InChI is InChI=1S/C14H17N5O2S/c1-8-10(12(20)21-14(2,3)4)11(9-6-5-7-22-9)19-13(15-8)16-17-18-19/h5-7,11H,1-4H3,(H,15,16,18)/t11-/m0/s1. The Bertz CT molecular complexity index is 727. The molecule has 0 spiro atoms. The van der Waals surface area contributed by atoms with Crippen molar-refractivity contribution in [1.82, 2.24) is 20.2 Å². The molecule has 0 unspecified atom stereocenters. The number of nitrogens with zero attached hydrogens (tertiary/aromatic N) is 4. The van der Waals surface area contributed by atoms with Crippen molar-refractivity contribution in [1.29, 1.82) is 0 Å². The van der Waals surface area contributed by atoms with Gasteiger partial charge in [0.15, 0.2) is 0 Å². The van der Waals surface area contributed by atoms with Crippen LogP contribution in [0.1, 0.15) is 38.6 Å². The van der Waals surface area contributed by atoms with E-state index in [0.717, 1.165) is 4.88 Å². The SMILES string of the molecule is CC1=C(C(=O)OC(C)(C)C)[C@H](c2cccs2)n2nnnc2N1. The molecule has 0 saturated carbocycles. The van der Waals surface area contributed by atoms with E-state index in [1.165, 1.54) is 0 Å². The number of allylic oxidation sites excluding steroid dienone is 1. The lowest BCUT2D eigenvalue weighted by atomic mass is 10.0. The molecule has 0 amide bonds. The first-order valence-electron chi connectivity index (χ1n) is 6.89. The topological polar surface area (TPSA) is 81.9 Å². The van der Waals surface area contributed by atoms with E-state index in [9.17, 15) is 4.79 Å². The van der Waals surface area contributed by atoms with E-state index < -0.39 is 5.60 Å². The van der Waals surface area contributed by atoms with Crippen LogP contribution < -0.4 is 5.32 Å².